The van der Waals surface area contributed by atoms with Crippen molar-refractivity contribution in [3.8, 4) is 11.8 Å². The van der Waals surface area contributed by atoms with Gasteiger partial charge in [0.15, 0.2) is 0 Å². The van der Waals surface area contributed by atoms with E-state index in [1.54, 1.807) is 18.2 Å². The first-order chi connectivity index (χ1) is 13.9. The van der Waals surface area contributed by atoms with E-state index in [1.807, 2.05) is 24.0 Å². The van der Waals surface area contributed by atoms with Crippen LogP contribution in [0.3, 0.4) is 0 Å². The van der Waals surface area contributed by atoms with Crippen molar-refractivity contribution < 1.29 is 9.76 Å². The average molecular weight is 411 g/mol. The van der Waals surface area contributed by atoms with E-state index in [4.69, 9.17) is 16.4 Å². The molecule has 7 nitrogen and oxygen atoms in total. The first-order valence-corrected chi connectivity index (χ1v) is 9.72. The van der Waals surface area contributed by atoms with Crippen LogP contribution < -0.4 is 4.90 Å². The van der Waals surface area contributed by atoms with Crippen molar-refractivity contribution in [2.45, 2.75) is 31.8 Å². The van der Waals surface area contributed by atoms with E-state index in [-0.39, 0.29) is 10.6 Å². The molecule has 1 aromatic carbocycles. The summed E-state index contributed by atoms with van der Waals surface area (Å²) in [5, 5.41) is 16.2. The standard InChI is InChI=1S/C21H19ClN4O3/c1-15-5-8-19(26(27)28)20(23-15)25-11-9-21(10-12-25)14-18(24-29-21)7-6-16-3-2-4-17(22)13-16/h2-5,8,13H,9-12,14H2,1H3. The molecule has 1 spiro atoms. The predicted molar refractivity (Wildman–Crippen MR) is 111 cm³/mol. The lowest BCUT2D eigenvalue weighted by molar-refractivity contribution is -0.384. The highest BCUT2D eigenvalue weighted by atomic mass is 35.5. The third kappa shape index (κ3) is 4.17. The van der Waals surface area contributed by atoms with Gasteiger partial charge in [0.05, 0.1) is 4.92 Å². The first-order valence-electron chi connectivity index (χ1n) is 9.34. The summed E-state index contributed by atoms with van der Waals surface area (Å²) < 4.78 is 0. The fraction of sp³-hybridized carbons (Fsp3) is 0.333. The highest BCUT2D eigenvalue weighted by Crippen LogP contribution is 2.37. The molecule has 1 saturated heterocycles. The zero-order chi connectivity index (χ0) is 20.4. The van der Waals surface area contributed by atoms with Crippen LogP contribution >= 0.6 is 11.6 Å². The molecule has 2 aliphatic heterocycles. The number of nitro groups is 1. The van der Waals surface area contributed by atoms with Gasteiger partial charge in [0.1, 0.15) is 11.3 Å². The number of pyridine rings is 1. The number of anilines is 1. The lowest BCUT2D eigenvalue weighted by atomic mass is 9.87. The van der Waals surface area contributed by atoms with Crippen molar-refractivity contribution in [3.63, 3.8) is 0 Å². The molecule has 29 heavy (non-hydrogen) atoms. The van der Waals surface area contributed by atoms with E-state index in [9.17, 15) is 10.1 Å². The molecule has 4 rings (SSSR count). The Balaban J connectivity index is 1.42. The van der Waals surface area contributed by atoms with Crippen LogP contribution in [0.4, 0.5) is 11.5 Å². The van der Waals surface area contributed by atoms with Gasteiger partial charge in [-0.3, -0.25) is 10.1 Å². The third-order valence-electron chi connectivity index (χ3n) is 5.18. The SMILES string of the molecule is Cc1ccc([N+](=O)[O-])c(N2CCC3(CC2)CC(C#Cc2cccc(Cl)c2)=NO3)n1. The van der Waals surface area contributed by atoms with Crippen LogP contribution in [-0.4, -0.2) is 34.3 Å². The Kier molecular flexibility index (Phi) is 5.12. The molecule has 1 fully saturated rings. The Hall–Kier alpha value is -3.11. The molecule has 0 aliphatic carbocycles. The summed E-state index contributed by atoms with van der Waals surface area (Å²) in [6, 6.07) is 10.5. The molecule has 0 amide bonds. The summed E-state index contributed by atoms with van der Waals surface area (Å²) in [4.78, 5) is 23.1. The maximum Gasteiger partial charge on any atom is 0.311 e. The minimum absolute atomic E-state index is 0.0308. The summed E-state index contributed by atoms with van der Waals surface area (Å²) in [6.45, 7) is 3.06. The molecule has 0 N–H and O–H groups in total. The highest BCUT2D eigenvalue weighted by molar-refractivity contribution is 6.30. The number of aromatic nitrogens is 1. The summed E-state index contributed by atoms with van der Waals surface area (Å²) >= 11 is 5.99. The van der Waals surface area contributed by atoms with Crippen molar-refractivity contribution in [2.75, 3.05) is 18.0 Å². The van der Waals surface area contributed by atoms with Gasteiger partial charge in [0.25, 0.3) is 0 Å². The molecule has 2 aromatic rings. The van der Waals surface area contributed by atoms with Gasteiger partial charge in [0, 0.05) is 54.7 Å². The number of rotatable bonds is 2. The van der Waals surface area contributed by atoms with Crippen molar-refractivity contribution in [1.82, 2.24) is 4.98 Å². The normalized spacial score (nSPS) is 17.3. The molecule has 0 atom stereocenters. The molecule has 0 radical (unpaired) electrons. The second-order valence-corrected chi connectivity index (χ2v) is 7.73. The quantitative estimate of drug-likeness (QED) is 0.422. The zero-order valence-electron chi connectivity index (χ0n) is 15.9. The van der Waals surface area contributed by atoms with E-state index in [0.717, 1.165) is 11.3 Å². The van der Waals surface area contributed by atoms with Crippen molar-refractivity contribution >= 4 is 28.8 Å². The van der Waals surface area contributed by atoms with Crippen LogP contribution in [0.2, 0.25) is 5.02 Å². The number of hydrogen-bond acceptors (Lipinski definition) is 6. The average Bonchev–Trinajstić information content (AvgIpc) is 3.09. The highest BCUT2D eigenvalue weighted by Gasteiger charge is 2.42. The number of halogens is 1. The summed E-state index contributed by atoms with van der Waals surface area (Å²) in [6.07, 6.45) is 2.04. The van der Waals surface area contributed by atoms with E-state index in [1.165, 1.54) is 6.07 Å². The first kappa shape index (κ1) is 19.2. The van der Waals surface area contributed by atoms with E-state index in [2.05, 4.69) is 22.0 Å². The van der Waals surface area contributed by atoms with Crippen molar-refractivity contribution in [3.05, 3.63) is 62.8 Å². The number of aryl methyl sites for hydroxylation is 1. The van der Waals surface area contributed by atoms with E-state index in [0.29, 0.717) is 48.9 Å². The number of hydrogen-bond donors (Lipinski definition) is 0. The van der Waals surface area contributed by atoms with Crippen LogP contribution in [0.5, 0.6) is 0 Å². The second-order valence-electron chi connectivity index (χ2n) is 7.29. The minimum Gasteiger partial charge on any atom is -0.388 e. The van der Waals surface area contributed by atoms with Gasteiger partial charge < -0.3 is 9.74 Å². The summed E-state index contributed by atoms with van der Waals surface area (Å²) in [5.41, 5.74) is 1.92. The Bertz CT molecular complexity index is 1050. The van der Waals surface area contributed by atoms with E-state index >= 15 is 0 Å². The topological polar surface area (TPSA) is 80.9 Å². The second kappa shape index (κ2) is 7.72. The molecular weight excluding hydrogens is 392 g/mol. The van der Waals surface area contributed by atoms with Gasteiger partial charge in [0.2, 0.25) is 5.82 Å². The van der Waals surface area contributed by atoms with Gasteiger partial charge in [-0.1, -0.05) is 28.7 Å². The molecule has 3 heterocycles. The molecule has 1 aromatic heterocycles. The zero-order valence-corrected chi connectivity index (χ0v) is 16.6. The Labute approximate surface area is 173 Å². The van der Waals surface area contributed by atoms with Gasteiger partial charge in [-0.25, -0.2) is 4.98 Å². The van der Waals surface area contributed by atoms with Crippen LogP contribution in [0.1, 0.15) is 30.5 Å². The van der Waals surface area contributed by atoms with Gasteiger partial charge in [-0.2, -0.15) is 0 Å². The summed E-state index contributed by atoms with van der Waals surface area (Å²) in [5.74, 6) is 6.56. The third-order valence-corrected chi connectivity index (χ3v) is 5.41. The predicted octanol–water partition coefficient (Wildman–Crippen LogP) is 4.12. The fourth-order valence-corrected chi connectivity index (χ4v) is 3.79. The number of nitrogens with zero attached hydrogens (tertiary/aromatic N) is 4. The maximum atomic E-state index is 11.4. The number of benzene rings is 1. The van der Waals surface area contributed by atoms with Crippen molar-refractivity contribution in [2.24, 2.45) is 5.16 Å². The molecule has 0 saturated carbocycles. The number of piperidine rings is 1. The largest absolute Gasteiger partial charge is 0.388 e. The van der Waals surface area contributed by atoms with Gasteiger partial charge in [-0.15, -0.1) is 0 Å². The Morgan fingerprint density at radius 2 is 2.03 bits per heavy atom. The number of oxime groups is 1. The van der Waals surface area contributed by atoms with Crippen LogP contribution in [0.25, 0.3) is 0 Å². The van der Waals surface area contributed by atoms with E-state index < -0.39 is 5.60 Å². The fourth-order valence-electron chi connectivity index (χ4n) is 3.60. The Morgan fingerprint density at radius 3 is 2.76 bits per heavy atom. The summed E-state index contributed by atoms with van der Waals surface area (Å²) in [7, 11) is 0. The lowest BCUT2D eigenvalue weighted by Gasteiger charge is -2.37. The smallest absolute Gasteiger partial charge is 0.311 e. The van der Waals surface area contributed by atoms with Crippen LogP contribution in [0, 0.1) is 28.9 Å². The van der Waals surface area contributed by atoms with Gasteiger partial charge >= 0.3 is 5.69 Å². The van der Waals surface area contributed by atoms with Crippen LogP contribution in [-0.2, 0) is 4.84 Å². The van der Waals surface area contributed by atoms with Gasteiger partial charge in [-0.05, 0) is 37.1 Å². The molecular formula is C21H19ClN4O3. The maximum absolute atomic E-state index is 11.4. The molecule has 148 valence electrons. The molecule has 0 unspecified atom stereocenters. The van der Waals surface area contributed by atoms with Crippen molar-refractivity contribution in [1.29, 1.82) is 0 Å². The van der Waals surface area contributed by atoms with Crippen LogP contribution in [0.15, 0.2) is 41.6 Å². The molecule has 2 aliphatic rings. The monoisotopic (exact) mass is 410 g/mol. The Morgan fingerprint density at radius 1 is 1.24 bits per heavy atom. The lowest BCUT2D eigenvalue weighted by Crippen LogP contribution is -2.45. The minimum atomic E-state index is -0.395. The molecule has 8 heteroatoms. The molecule has 0 bridgehead atoms.